The number of aryl methyl sites for hydroxylation is 1. The molecule has 0 saturated heterocycles. The van der Waals surface area contributed by atoms with Crippen LogP contribution < -0.4 is 5.73 Å². The van der Waals surface area contributed by atoms with Crippen LogP contribution in [0.1, 0.15) is 23.2 Å². The summed E-state index contributed by atoms with van der Waals surface area (Å²) in [5.41, 5.74) is 6.57. The number of imidazole rings is 1. The van der Waals surface area contributed by atoms with E-state index in [1.165, 1.54) is 12.5 Å². The van der Waals surface area contributed by atoms with Crippen molar-refractivity contribution in [1.82, 2.24) is 14.7 Å². The Bertz CT molecular complexity index is 530. The van der Waals surface area contributed by atoms with Crippen molar-refractivity contribution in [3.8, 4) is 5.69 Å². The molecule has 0 radical (unpaired) electrons. The third kappa shape index (κ3) is 1.86. The largest absolute Gasteiger partial charge is 0.461 e. The van der Waals surface area contributed by atoms with Crippen molar-refractivity contribution < 1.29 is 14.1 Å². The van der Waals surface area contributed by atoms with Crippen LogP contribution in [0, 0.1) is 6.92 Å². The van der Waals surface area contributed by atoms with E-state index in [9.17, 15) is 4.79 Å². The number of nitrogens with zero attached hydrogens (tertiary/aromatic N) is 3. The van der Waals surface area contributed by atoms with Gasteiger partial charge in [-0.1, -0.05) is 5.16 Å². The van der Waals surface area contributed by atoms with Gasteiger partial charge in [0, 0.05) is 0 Å². The summed E-state index contributed by atoms with van der Waals surface area (Å²) in [6, 6.07) is 0. The number of carbonyl (C=O) groups excluding carboxylic acids is 1. The van der Waals surface area contributed by atoms with Crippen LogP contribution in [0.2, 0.25) is 0 Å². The average Bonchev–Trinajstić information content (AvgIpc) is 2.87. The van der Waals surface area contributed by atoms with E-state index in [1.807, 2.05) is 0 Å². The predicted octanol–water partition coefficient (Wildman–Crippen LogP) is 0.928. The maximum Gasteiger partial charge on any atom is 0.360 e. The van der Waals surface area contributed by atoms with Gasteiger partial charge in [-0.2, -0.15) is 0 Å². The van der Waals surface area contributed by atoms with E-state index in [0.717, 1.165) is 0 Å². The lowest BCUT2D eigenvalue weighted by atomic mass is 10.4. The summed E-state index contributed by atoms with van der Waals surface area (Å²) in [7, 11) is 0. The zero-order chi connectivity index (χ0) is 12.4. The van der Waals surface area contributed by atoms with Crippen LogP contribution in [-0.2, 0) is 4.74 Å². The lowest BCUT2D eigenvalue weighted by molar-refractivity contribution is 0.0521. The molecule has 2 N–H and O–H groups in total. The summed E-state index contributed by atoms with van der Waals surface area (Å²) in [4.78, 5) is 15.7. The van der Waals surface area contributed by atoms with Crippen LogP contribution in [0.25, 0.3) is 5.69 Å². The number of carbonyl (C=O) groups is 1. The number of ether oxygens (including phenoxy) is 1. The second-order valence-corrected chi connectivity index (χ2v) is 3.33. The first-order valence-corrected chi connectivity index (χ1v) is 5.06. The standard InChI is InChI=1S/C10H12N4O3/c1-3-16-10(15)8-9(11)14(6(2)13-8)7-4-12-17-5-7/h4-5H,3,11H2,1-2H3. The molecule has 17 heavy (non-hydrogen) atoms. The molecule has 0 aliphatic rings. The van der Waals surface area contributed by atoms with E-state index in [4.69, 9.17) is 15.0 Å². The first kappa shape index (κ1) is 11.2. The van der Waals surface area contributed by atoms with E-state index in [1.54, 1.807) is 18.4 Å². The van der Waals surface area contributed by atoms with Gasteiger partial charge in [0.2, 0.25) is 0 Å². The minimum atomic E-state index is -0.539. The molecule has 0 aliphatic heterocycles. The van der Waals surface area contributed by atoms with Gasteiger partial charge in [-0.3, -0.25) is 4.57 Å². The highest BCUT2D eigenvalue weighted by molar-refractivity contribution is 5.92. The third-order valence-corrected chi connectivity index (χ3v) is 2.23. The molecule has 7 nitrogen and oxygen atoms in total. The first-order chi connectivity index (χ1) is 8.15. The van der Waals surface area contributed by atoms with Gasteiger partial charge in [0.25, 0.3) is 0 Å². The zero-order valence-corrected chi connectivity index (χ0v) is 9.51. The highest BCUT2D eigenvalue weighted by atomic mass is 16.5. The van der Waals surface area contributed by atoms with Crippen LogP contribution in [0.4, 0.5) is 5.82 Å². The molecule has 2 aromatic rings. The molecule has 0 fully saturated rings. The molecule has 0 bridgehead atoms. The average molecular weight is 236 g/mol. The van der Waals surface area contributed by atoms with Crippen molar-refractivity contribution in [2.24, 2.45) is 0 Å². The fourth-order valence-corrected chi connectivity index (χ4v) is 1.53. The number of aromatic nitrogens is 3. The molecule has 7 heteroatoms. The lowest BCUT2D eigenvalue weighted by Gasteiger charge is -2.03. The van der Waals surface area contributed by atoms with E-state index in [0.29, 0.717) is 11.5 Å². The Balaban J connectivity index is 2.46. The number of hydrogen-bond donors (Lipinski definition) is 1. The van der Waals surface area contributed by atoms with Crippen LogP contribution in [-0.4, -0.2) is 27.3 Å². The third-order valence-electron chi connectivity index (χ3n) is 2.23. The summed E-state index contributed by atoms with van der Waals surface area (Å²) < 4.78 is 11.2. The van der Waals surface area contributed by atoms with Gasteiger partial charge in [0.1, 0.15) is 23.6 Å². The van der Waals surface area contributed by atoms with Crippen LogP contribution in [0.3, 0.4) is 0 Å². The number of hydrogen-bond acceptors (Lipinski definition) is 6. The van der Waals surface area contributed by atoms with Crippen LogP contribution >= 0.6 is 0 Å². The minimum absolute atomic E-state index is 0.102. The van der Waals surface area contributed by atoms with Gasteiger partial charge in [0.05, 0.1) is 12.8 Å². The fraction of sp³-hybridized carbons (Fsp3) is 0.300. The van der Waals surface area contributed by atoms with E-state index in [2.05, 4.69) is 10.1 Å². The second-order valence-electron chi connectivity index (χ2n) is 3.33. The normalized spacial score (nSPS) is 10.5. The molecular weight excluding hydrogens is 224 g/mol. The summed E-state index contributed by atoms with van der Waals surface area (Å²) >= 11 is 0. The molecule has 0 saturated carbocycles. The van der Waals surface area contributed by atoms with Crippen LogP contribution in [0.5, 0.6) is 0 Å². The monoisotopic (exact) mass is 236 g/mol. The number of nitrogen functional groups attached to an aromatic ring is 1. The van der Waals surface area contributed by atoms with Crippen molar-refractivity contribution in [3.63, 3.8) is 0 Å². The molecule has 0 aliphatic carbocycles. The van der Waals surface area contributed by atoms with Crippen molar-refractivity contribution in [1.29, 1.82) is 0 Å². The van der Waals surface area contributed by atoms with Gasteiger partial charge in [-0.25, -0.2) is 9.78 Å². The smallest absolute Gasteiger partial charge is 0.360 e. The molecule has 2 rings (SSSR count). The van der Waals surface area contributed by atoms with Gasteiger partial charge in [0.15, 0.2) is 5.69 Å². The molecule has 0 aromatic carbocycles. The van der Waals surface area contributed by atoms with Gasteiger partial charge < -0.3 is 15.0 Å². The summed E-state index contributed by atoms with van der Waals surface area (Å²) in [6.45, 7) is 3.72. The highest BCUT2D eigenvalue weighted by Gasteiger charge is 2.21. The molecule has 0 spiro atoms. The molecule has 0 atom stereocenters. The van der Waals surface area contributed by atoms with E-state index < -0.39 is 5.97 Å². The van der Waals surface area contributed by atoms with Crippen molar-refractivity contribution >= 4 is 11.8 Å². The maximum atomic E-state index is 11.6. The highest BCUT2D eigenvalue weighted by Crippen LogP contribution is 2.20. The summed E-state index contributed by atoms with van der Waals surface area (Å²) in [6.07, 6.45) is 2.90. The van der Waals surface area contributed by atoms with Gasteiger partial charge in [-0.05, 0) is 13.8 Å². The Morgan fingerprint density at radius 2 is 2.41 bits per heavy atom. The molecule has 0 unspecified atom stereocenters. The van der Waals surface area contributed by atoms with Gasteiger partial charge >= 0.3 is 5.97 Å². The first-order valence-electron chi connectivity index (χ1n) is 5.06. The Morgan fingerprint density at radius 3 is 3.00 bits per heavy atom. The second kappa shape index (κ2) is 4.28. The minimum Gasteiger partial charge on any atom is -0.461 e. The summed E-state index contributed by atoms with van der Waals surface area (Å²) in [5.74, 6) is 0.237. The molecule has 2 aromatic heterocycles. The Labute approximate surface area is 97.2 Å². The fourth-order valence-electron chi connectivity index (χ4n) is 1.53. The molecule has 0 amide bonds. The van der Waals surface area contributed by atoms with Crippen molar-refractivity contribution in [2.75, 3.05) is 12.3 Å². The Hall–Kier alpha value is -2.31. The quantitative estimate of drug-likeness (QED) is 0.796. The molecule has 90 valence electrons. The Morgan fingerprint density at radius 1 is 1.65 bits per heavy atom. The SMILES string of the molecule is CCOC(=O)c1nc(C)n(-c2cnoc2)c1N. The van der Waals surface area contributed by atoms with Crippen molar-refractivity contribution in [2.45, 2.75) is 13.8 Å². The van der Waals surface area contributed by atoms with E-state index in [-0.39, 0.29) is 18.1 Å². The summed E-state index contributed by atoms with van der Waals surface area (Å²) in [5, 5.41) is 3.58. The number of esters is 1. The molecule has 2 heterocycles. The predicted molar refractivity (Wildman–Crippen MR) is 58.7 cm³/mol. The topological polar surface area (TPSA) is 96.2 Å². The lowest BCUT2D eigenvalue weighted by Crippen LogP contribution is -2.09. The number of anilines is 1. The van der Waals surface area contributed by atoms with Crippen LogP contribution in [0.15, 0.2) is 17.0 Å². The maximum absolute atomic E-state index is 11.6. The number of nitrogens with two attached hydrogens (primary N) is 1. The Kier molecular flexibility index (Phi) is 2.82. The number of rotatable bonds is 3. The zero-order valence-electron chi connectivity index (χ0n) is 9.51. The van der Waals surface area contributed by atoms with E-state index >= 15 is 0 Å². The van der Waals surface area contributed by atoms with Crippen molar-refractivity contribution in [3.05, 3.63) is 24.0 Å². The molecular formula is C10H12N4O3. The van der Waals surface area contributed by atoms with Gasteiger partial charge in [-0.15, -0.1) is 0 Å².